The molecular formula is C18H18BrN5O2. The number of carbonyl (C=O) groups excluding carboxylic acids is 1. The molecule has 3 rings (SSSR count). The maximum atomic E-state index is 12.3. The molecule has 134 valence electrons. The molecule has 3 N–H and O–H groups in total. The molecule has 0 aliphatic carbocycles. The molecule has 2 aromatic carbocycles. The van der Waals surface area contributed by atoms with Crippen LogP contribution in [-0.2, 0) is 11.2 Å². The van der Waals surface area contributed by atoms with Crippen molar-refractivity contribution in [3.8, 4) is 5.75 Å². The molecule has 1 amide bonds. The number of benzene rings is 2. The molecule has 0 saturated carbocycles. The zero-order valence-electron chi connectivity index (χ0n) is 14.1. The van der Waals surface area contributed by atoms with E-state index >= 15 is 0 Å². The molecule has 26 heavy (non-hydrogen) atoms. The van der Waals surface area contributed by atoms with Crippen molar-refractivity contribution >= 4 is 33.4 Å². The van der Waals surface area contributed by atoms with Crippen LogP contribution < -0.4 is 15.8 Å². The van der Waals surface area contributed by atoms with Gasteiger partial charge in [-0.3, -0.25) is 4.79 Å². The number of amides is 1. The molecule has 1 atom stereocenters. The fourth-order valence-corrected chi connectivity index (χ4v) is 3.09. The number of amidine groups is 1. The molecule has 0 fully saturated rings. The number of methoxy groups -OCH3 is 1. The minimum absolute atomic E-state index is 0.248. The summed E-state index contributed by atoms with van der Waals surface area (Å²) >= 11 is 3.43. The molecule has 0 unspecified atom stereocenters. The number of halogens is 1. The standard InChI is InChI=1S/C18H18BrN5O2/c1-26-16-7-2-11(8-14(16)19)9-15(20)18(25)23-13-5-3-12(4-6-13)17-21-10-22-24-17/h2-8,15H,9-10,20H2,1H3,(H,23,25)/t15-/m0/s1. The fourth-order valence-electron chi connectivity index (χ4n) is 2.50. The van der Waals surface area contributed by atoms with E-state index in [2.05, 4.69) is 36.5 Å². The van der Waals surface area contributed by atoms with E-state index in [1.807, 2.05) is 30.3 Å². The van der Waals surface area contributed by atoms with Gasteiger partial charge in [0, 0.05) is 11.3 Å². The Kier molecular flexibility index (Phi) is 5.75. The van der Waals surface area contributed by atoms with Crippen LogP contribution in [0.3, 0.4) is 0 Å². The average molecular weight is 416 g/mol. The Morgan fingerprint density at radius 2 is 2.08 bits per heavy atom. The van der Waals surface area contributed by atoms with Crippen molar-refractivity contribution in [1.29, 1.82) is 0 Å². The molecule has 0 aromatic heterocycles. The first kappa shape index (κ1) is 18.2. The summed E-state index contributed by atoms with van der Waals surface area (Å²) in [6, 6.07) is 12.2. The largest absolute Gasteiger partial charge is 0.496 e. The quantitative estimate of drug-likeness (QED) is 0.757. The number of carbonyl (C=O) groups is 1. The second-order valence-corrected chi connectivity index (χ2v) is 6.57. The number of anilines is 1. The van der Waals surface area contributed by atoms with Crippen LogP contribution in [0.25, 0.3) is 0 Å². The van der Waals surface area contributed by atoms with Crippen LogP contribution in [0.5, 0.6) is 5.75 Å². The van der Waals surface area contributed by atoms with E-state index < -0.39 is 6.04 Å². The second kappa shape index (κ2) is 8.20. The van der Waals surface area contributed by atoms with Crippen LogP contribution in [0.2, 0.25) is 0 Å². The second-order valence-electron chi connectivity index (χ2n) is 5.71. The third-order valence-electron chi connectivity index (χ3n) is 3.87. The molecule has 7 nitrogen and oxygen atoms in total. The lowest BCUT2D eigenvalue weighted by Crippen LogP contribution is -2.37. The molecule has 0 bridgehead atoms. The molecule has 1 heterocycles. The van der Waals surface area contributed by atoms with Crippen molar-refractivity contribution in [3.63, 3.8) is 0 Å². The first-order valence-corrected chi connectivity index (χ1v) is 8.77. The van der Waals surface area contributed by atoms with Gasteiger partial charge < -0.3 is 15.8 Å². The van der Waals surface area contributed by atoms with E-state index in [9.17, 15) is 4.79 Å². The van der Waals surface area contributed by atoms with Gasteiger partial charge >= 0.3 is 0 Å². The van der Waals surface area contributed by atoms with Gasteiger partial charge in [-0.15, -0.1) is 5.11 Å². The summed E-state index contributed by atoms with van der Waals surface area (Å²) in [4.78, 5) is 16.5. The van der Waals surface area contributed by atoms with E-state index in [-0.39, 0.29) is 5.91 Å². The molecule has 0 spiro atoms. The van der Waals surface area contributed by atoms with E-state index in [1.165, 1.54) is 0 Å². The first-order valence-electron chi connectivity index (χ1n) is 7.98. The fraction of sp³-hybridized carbons (Fsp3) is 0.222. The number of azo groups is 1. The van der Waals surface area contributed by atoms with Crippen molar-refractivity contribution in [3.05, 3.63) is 58.1 Å². The first-order chi connectivity index (χ1) is 12.6. The summed E-state index contributed by atoms with van der Waals surface area (Å²) in [6.45, 7) is 0.365. The van der Waals surface area contributed by atoms with Crippen molar-refractivity contribution in [2.45, 2.75) is 12.5 Å². The number of nitrogens with zero attached hydrogens (tertiary/aromatic N) is 3. The highest BCUT2D eigenvalue weighted by molar-refractivity contribution is 9.10. The van der Waals surface area contributed by atoms with Gasteiger partial charge in [0.2, 0.25) is 5.91 Å². The number of nitrogens with two attached hydrogens (primary N) is 1. The molecule has 8 heteroatoms. The number of nitrogens with one attached hydrogen (secondary N) is 1. The SMILES string of the molecule is COc1ccc(C[C@H](N)C(=O)Nc2ccc(C3=NCN=N3)cc2)cc1Br. The van der Waals surface area contributed by atoms with Gasteiger partial charge in [-0.05, 0) is 64.3 Å². The zero-order chi connectivity index (χ0) is 18.5. The predicted molar refractivity (Wildman–Crippen MR) is 104 cm³/mol. The van der Waals surface area contributed by atoms with Crippen molar-refractivity contribution in [1.82, 2.24) is 0 Å². The van der Waals surface area contributed by atoms with Crippen molar-refractivity contribution in [2.75, 3.05) is 19.1 Å². The number of hydrogen-bond donors (Lipinski definition) is 2. The predicted octanol–water partition coefficient (Wildman–Crippen LogP) is 3.14. The van der Waals surface area contributed by atoms with Crippen LogP contribution in [0, 0.1) is 0 Å². The van der Waals surface area contributed by atoms with Gasteiger partial charge in [0.05, 0.1) is 17.6 Å². The van der Waals surface area contributed by atoms with Crippen LogP contribution in [-0.4, -0.2) is 31.6 Å². The summed E-state index contributed by atoms with van der Waals surface area (Å²) in [6.07, 6.45) is 0.420. The Balaban J connectivity index is 1.60. The Morgan fingerprint density at radius 3 is 2.69 bits per heavy atom. The average Bonchev–Trinajstić information content (AvgIpc) is 3.17. The Morgan fingerprint density at radius 1 is 1.31 bits per heavy atom. The van der Waals surface area contributed by atoms with E-state index in [0.29, 0.717) is 24.6 Å². The smallest absolute Gasteiger partial charge is 0.241 e. The Labute approximate surface area is 159 Å². The lowest BCUT2D eigenvalue weighted by atomic mass is 10.1. The molecule has 0 radical (unpaired) electrons. The summed E-state index contributed by atoms with van der Waals surface area (Å²) in [5.74, 6) is 1.09. The van der Waals surface area contributed by atoms with E-state index in [4.69, 9.17) is 10.5 Å². The topological polar surface area (TPSA) is 101 Å². The molecule has 0 saturated heterocycles. The molecule has 2 aromatic rings. The molecule has 1 aliphatic rings. The Bertz CT molecular complexity index is 864. The number of hydrogen-bond acceptors (Lipinski definition) is 6. The number of rotatable bonds is 6. The minimum atomic E-state index is -0.664. The maximum Gasteiger partial charge on any atom is 0.241 e. The highest BCUT2D eigenvalue weighted by Crippen LogP contribution is 2.26. The number of aliphatic imine (C=N–C) groups is 1. The van der Waals surface area contributed by atoms with Gasteiger partial charge in [-0.2, -0.15) is 5.11 Å². The molecule has 1 aliphatic heterocycles. The van der Waals surface area contributed by atoms with Crippen LogP contribution in [0.15, 0.2) is 62.2 Å². The van der Waals surface area contributed by atoms with Gasteiger partial charge in [-0.25, -0.2) is 4.99 Å². The summed E-state index contributed by atoms with van der Waals surface area (Å²) in [5, 5.41) is 10.6. The van der Waals surface area contributed by atoms with Crippen molar-refractivity contribution < 1.29 is 9.53 Å². The van der Waals surface area contributed by atoms with Crippen LogP contribution in [0.1, 0.15) is 11.1 Å². The highest BCUT2D eigenvalue weighted by atomic mass is 79.9. The molecular weight excluding hydrogens is 398 g/mol. The monoisotopic (exact) mass is 415 g/mol. The lowest BCUT2D eigenvalue weighted by Gasteiger charge is -2.13. The highest BCUT2D eigenvalue weighted by Gasteiger charge is 2.15. The zero-order valence-corrected chi connectivity index (χ0v) is 15.7. The summed E-state index contributed by atoms with van der Waals surface area (Å²) in [7, 11) is 1.60. The Hall–Kier alpha value is -2.58. The van der Waals surface area contributed by atoms with Gasteiger partial charge in [0.15, 0.2) is 12.5 Å². The van der Waals surface area contributed by atoms with Crippen LogP contribution >= 0.6 is 15.9 Å². The maximum absolute atomic E-state index is 12.3. The van der Waals surface area contributed by atoms with Gasteiger partial charge in [-0.1, -0.05) is 6.07 Å². The van der Waals surface area contributed by atoms with Crippen molar-refractivity contribution in [2.24, 2.45) is 21.0 Å². The summed E-state index contributed by atoms with van der Waals surface area (Å²) in [5.41, 5.74) is 8.51. The van der Waals surface area contributed by atoms with Crippen LogP contribution in [0.4, 0.5) is 5.69 Å². The summed E-state index contributed by atoms with van der Waals surface area (Å²) < 4.78 is 6.03. The lowest BCUT2D eigenvalue weighted by molar-refractivity contribution is -0.117. The van der Waals surface area contributed by atoms with Gasteiger partial charge in [0.25, 0.3) is 0 Å². The normalized spacial score (nSPS) is 14.0. The third-order valence-corrected chi connectivity index (χ3v) is 4.49. The minimum Gasteiger partial charge on any atom is -0.496 e. The van der Waals surface area contributed by atoms with E-state index in [1.54, 1.807) is 19.2 Å². The van der Waals surface area contributed by atoms with E-state index in [0.717, 1.165) is 21.3 Å². The third kappa shape index (κ3) is 4.33. The number of ether oxygens (including phenoxy) is 1. The van der Waals surface area contributed by atoms with Gasteiger partial charge in [0.1, 0.15) is 5.75 Å².